The first-order valence-corrected chi connectivity index (χ1v) is 10.9. The quantitative estimate of drug-likeness (QED) is 0.431. The first-order chi connectivity index (χ1) is 15.0. The van der Waals surface area contributed by atoms with Crippen molar-refractivity contribution in [1.29, 1.82) is 0 Å². The first-order valence-electron chi connectivity index (χ1n) is 9.03. The number of hydrogen-bond acceptors (Lipinski definition) is 5. The molecule has 1 aliphatic rings. The number of esters is 1. The van der Waals surface area contributed by atoms with Crippen LogP contribution in [0.2, 0.25) is 5.02 Å². The normalized spacial score (nSPS) is 17.2. The molecule has 166 valence electrons. The third-order valence-corrected chi connectivity index (χ3v) is 6.55. The third kappa shape index (κ3) is 3.76. The first kappa shape index (κ1) is 22.0. The highest BCUT2D eigenvalue weighted by atomic mass is 35.5. The van der Waals surface area contributed by atoms with Crippen molar-refractivity contribution in [3.05, 3.63) is 76.1 Å². The predicted octanol–water partition coefficient (Wildman–Crippen LogP) is 5.16. The molecule has 2 N–H and O–H groups in total. The summed E-state index contributed by atoms with van der Waals surface area (Å²) in [5.41, 5.74) is -1.22. The van der Waals surface area contributed by atoms with Crippen molar-refractivity contribution in [1.82, 2.24) is 0 Å². The Morgan fingerprint density at radius 2 is 1.75 bits per heavy atom. The van der Waals surface area contributed by atoms with Crippen molar-refractivity contribution in [2.24, 2.45) is 0 Å². The van der Waals surface area contributed by atoms with Crippen LogP contribution in [0.15, 0.2) is 47.4 Å². The van der Waals surface area contributed by atoms with Gasteiger partial charge in [0.05, 0.1) is 16.3 Å². The van der Waals surface area contributed by atoms with Crippen molar-refractivity contribution in [3.8, 4) is 16.9 Å². The molecule has 1 heterocycles. The largest absolute Gasteiger partial charge is 0.505 e. The molecule has 0 spiro atoms. The monoisotopic (exact) mass is 483 g/mol. The lowest BCUT2D eigenvalue weighted by Gasteiger charge is -2.18. The summed E-state index contributed by atoms with van der Waals surface area (Å²) in [6.07, 6.45) is -1.05. The Labute approximate surface area is 185 Å². The van der Waals surface area contributed by atoms with Crippen LogP contribution in [0.4, 0.5) is 18.9 Å². The molecule has 4 bridgehead atoms. The van der Waals surface area contributed by atoms with Crippen molar-refractivity contribution in [2.45, 2.75) is 17.9 Å². The number of sulfonamides is 1. The maximum atomic E-state index is 14.7. The molecule has 0 radical (unpaired) electrons. The number of carbonyl (C=O) groups is 1. The van der Waals surface area contributed by atoms with Gasteiger partial charge in [0.2, 0.25) is 0 Å². The lowest BCUT2D eigenvalue weighted by atomic mass is 9.95. The van der Waals surface area contributed by atoms with E-state index in [0.29, 0.717) is 6.07 Å². The SMILES string of the molecule is CC1OC(=O)c2cc(Cl)c(O)c(c2)S(=O)(=O)Nc2cc(c(F)cc2F)-c2cc(F)ccc21. The van der Waals surface area contributed by atoms with E-state index >= 15 is 0 Å². The average molecular weight is 484 g/mol. The van der Waals surface area contributed by atoms with E-state index in [4.69, 9.17) is 16.3 Å². The van der Waals surface area contributed by atoms with E-state index in [1.165, 1.54) is 13.0 Å². The number of anilines is 1. The van der Waals surface area contributed by atoms with Gasteiger partial charge in [0.1, 0.15) is 28.5 Å². The Hall–Kier alpha value is -3.24. The minimum atomic E-state index is -4.70. The molecular formula is C21H13ClF3NO5S. The van der Waals surface area contributed by atoms with E-state index in [9.17, 15) is 31.5 Å². The molecule has 32 heavy (non-hydrogen) atoms. The van der Waals surface area contributed by atoms with E-state index in [1.807, 2.05) is 4.72 Å². The number of halogens is 4. The number of hydrogen-bond donors (Lipinski definition) is 2. The van der Waals surface area contributed by atoms with Crippen LogP contribution >= 0.6 is 11.6 Å². The average Bonchev–Trinajstić information content (AvgIpc) is 2.71. The van der Waals surface area contributed by atoms with Crippen LogP contribution in [0.1, 0.15) is 28.9 Å². The van der Waals surface area contributed by atoms with E-state index in [-0.39, 0.29) is 22.3 Å². The van der Waals surface area contributed by atoms with E-state index in [2.05, 4.69) is 0 Å². The topological polar surface area (TPSA) is 92.7 Å². The summed E-state index contributed by atoms with van der Waals surface area (Å²) in [6.45, 7) is 1.44. The van der Waals surface area contributed by atoms with Gasteiger partial charge in [0, 0.05) is 17.2 Å². The summed E-state index contributed by atoms with van der Waals surface area (Å²) in [5.74, 6) is -5.00. The maximum Gasteiger partial charge on any atom is 0.338 e. The van der Waals surface area contributed by atoms with Gasteiger partial charge in [-0.25, -0.2) is 26.4 Å². The molecule has 0 aromatic heterocycles. The number of phenolic OH excluding ortho intramolecular Hbond substituents is 1. The van der Waals surface area contributed by atoms with Crippen LogP contribution in [0.3, 0.4) is 0 Å². The number of phenols is 1. The highest BCUT2D eigenvalue weighted by Gasteiger charge is 2.28. The number of rotatable bonds is 0. The van der Waals surface area contributed by atoms with Crippen LogP contribution in [0.25, 0.3) is 11.1 Å². The highest BCUT2D eigenvalue weighted by molar-refractivity contribution is 7.92. The smallest absolute Gasteiger partial charge is 0.338 e. The number of cyclic esters (lactones) is 1. The van der Waals surface area contributed by atoms with Gasteiger partial charge < -0.3 is 9.84 Å². The minimum Gasteiger partial charge on any atom is -0.505 e. The molecule has 1 unspecified atom stereocenters. The lowest BCUT2D eigenvalue weighted by Crippen LogP contribution is -2.16. The van der Waals surface area contributed by atoms with E-state index in [0.717, 1.165) is 30.3 Å². The minimum absolute atomic E-state index is 0.0740. The van der Waals surface area contributed by atoms with Gasteiger partial charge in [-0.3, -0.25) is 4.72 Å². The van der Waals surface area contributed by atoms with Gasteiger partial charge in [-0.05, 0) is 42.8 Å². The van der Waals surface area contributed by atoms with E-state index < -0.39 is 60.9 Å². The number of nitrogens with one attached hydrogen (secondary N) is 1. The number of ether oxygens (including phenoxy) is 1. The summed E-state index contributed by atoms with van der Waals surface area (Å²) >= 11 is 5.89. The van der Waals surface area contributed by atoms with Crippen LogP contribution in [0, 0.1) is 17.5 Å². The molecule has 0 saturated carbocycles. The summed E-state index contributed by atoms with van der Waals surface area (Å²) in [7, 11) is -4.70. The second-order valence-electron chi connectivity index (χ2n) is 7.00. The zero-order valence-electron chi connectivity index (χ0n) is 16.1. The second-order valence-corrected chi connectivity index (χ2v) is 9.06. The zero-order valence-corrected chi connectivity index (χ0v) is 17.7. The van der Waals surface area contributed by atoms with Gasteiger partial charge in [-0.15, -0.1) is 0 Å². The summed E-state index contributed by atoms with van der Waals surface area (Å²) < 4.78 is 76.1. The fourth-order valence-corrected chi connectivity index (χ4v) is 4.82. The number of carbonyl (C=O) groups excluding carboxylic acids is 1. The summed E-state index contributed by atoms with van der Waals surface area (Å²) in [6, 6.07) is 6.38. The second kappa shape index (κ2) is 7.72. The molecule has 0 fully saturated rings. The standard InChI is InChI=1S/C21H13ClF3NO5S/c1-9-12-3-2-11(23)6-13(12)14-7-18(17(25)8-16(14)24)26-32(29,30)19-5-10(21(28)31-9)4-15(22)20(19)27/h2-9,26-27H,1H3. The summed E-state index contributed by atoms with van der Waals surface area (Å²) in [5, 5.41) is 9.69. The highest BCUT2D eigenvalue weighted by Crippen LogP contribution is 2.38. The Morgan fingerprint density at radius 1 is 1.03 bits per heavy atom. The molecule has 6 nitrogen and oxygen atoms in total. The molecule has 11 heteroatoms. The molecule has 1 aliphatic heterocycles. The van der Waals surface area contributed by atoms with Crippen molar-refractivity contribution >= 4 is 33.3 Å². The Morgan fingerprint density at radius 3 is 2.47 bits per heavy atom. The van der Waals surface area contributed by atoms with Gasteiger partial charge >= 0.3 is 5.97 Å². The third-order valence-electron chi connectivity index (χ3n) is 4.88. The van der Waals surface area contributed by atoms with Crippen LogP contribution in [-0.4, -0.2) is 19.5 Å². The van der Waals surface area contributed by atoms with Gasteiger partial charge in [-0.2, -0.15) is 0 Å². The van der Waals surface area contributed by atoms with Gasteiger partial charge in [0.15, 0.2) is 5.75 Å². The fraction of sp³-hybridized carbons (Fsp3) is 0.0952. The van der Waals surface area contributed by atoms with Crippen LogP contribution in [0.5, 0.6) is 5.75 Å². The van der Waals surface area contributed by atoms with Crippen LogP contribution < -0.4 is 4.72 Å². The molecule has 0 amide bonds. The number of aromatic hydroxyl groups is 1. The number of benzene rings is 3. The number of fused-ring (bicyclic) bond motifs is 6. The summed E-state index contributed by atoms with van der Waals surface area (Å²) in [4.78, 5) is 11.8. The molecule has 1 atom stereocenters. The van der Waals surface area contributed by atoms with Crippen molar-refractivity contribution in [3.63, 3.8) is 0 Å². The fourth-order valence-electron chi connectivity index (χ4n) is 3.34. The molecule has 0 aliphatic carbocycles. The van der Waals surface area contributed by atoms with Crippen molar-refractivity contribution < 1.29 is 36.2 Å². The molecular weight excluding hydrogens is 471 g/mol. The Balaban J connectivity index is 2.06. The molecule has 4 rings (SSSR count). The Bertz CT molecular complexity index is 1390. The van der Waals surface area contributed by atoms with Gasteiger partial charge in [-0.1, -0.05) is 17.7 Å². The van der Waals surface area contributed by atoms with Crippen LogP contribution in [-0.2, 0) is 14.8 Å². The van der Waals surface area contributed by atoms with Gasteiger partial charge in [0.25, 0.3) is 10.0 Å². The molecule has 3 aromatic carbocycles. The van der Waals surface area contributed by atoms with E-state index in [1.54, 1.807) is 0 Å². The molecule has 3 aromatic rings. The lowest BCUT2D eigenvalue weighted by molar-refractivity contribution is 0.0338. The predicted molar refractivity (Wildman–Crippen MR) is 110 cm³/mol. The molecule has 0 saturated heterocycles. The Kier molecular flexibility index (Phi) is 5.30. The van der Waals surface area contributed by atoms with Crippen molar-refractivity contribution in [2.75, 3.05) is 4.72 Å². The zero-order chi connectivity index (χ0) is 23.4. The maximum absolute atomic E-state index is 14.7.